The number of nitrogens with one attached hydrogen (secondary N) is 1. The first-order chi connectivity index (χ1) is 7.20. The zero-order chi connectivity index (χ0) is 10.8. The summed E-state index contributed by atoms with van der Waals surface area (Å²) >= 11 is 5.41. The van der Waals surface area contributed by atoms with Crippen molar-refractivity contribution in [3.63, 3.8) is 0 Å². The average Bonchev–Trinajstić information content (AvgIpc) is 2.66. The highest BCUT2D eigenvalue weighted by Crippen LogP contribution is 2.24. The Hall–Kier alpha value is -1.48. The van der Waals surface area contributed by atoms with Crippen LogP contribution < -0.4 is 5.32 Å². The summed E-state index contributed by atoms with van der Waals surface area (Å²) in [5.74, 6) is -0.249. The molecular formula is C11H10ClNO2. The first-order valence-corrected chi connectivity index (χ1v) is 5.08. The van der Waals surface area contributed by atoms with Gasteiger partial charge in [-0.15, -0.1) is 11.6 Å². The third-order valence-corrected chi connectivity index (χ3v) is 2.38. The monoisotopic (exact) mass is 223 g/mol. The lowest BCUT2D eigenvalue weighted by molar-refractivity contribution is -0.113. The number of rotatable bonds is 2. The molecule has 0 saturated carbocycles. The Balaban J connectivity index is 2.40. The number of hydrogen-bond acceptors (Lipinski definition) is 2. The van der Waals surface area contributed by atoms with Crippen molar-refractivity contribution in [1.82, 2.24) is 0 Å². The maximum Gasteiger partial charge on any atom is 0.239 e. The maximum atomic E-state index is 11.1. The number of amides is 1. The smallest absolute Gasteiger partial charge is 0.239 e. The van der Waals surface area contributed by atoms with Gasteiger partial charge in [-0.05, 0) is 30.7 Å². The van der Waals surface area contributed by atoms with Crippen LogP contribution in [0.15, 0.2) is 28.9 Å². The lowest BCUT2D eigenvalue weighted by Crippen LogP contribution is -2.12. The second-order valence-corrected chi connectivity index (χ2v) is 3.58. The molecule has 0 unspecified atom stereocenters. The summed E-state index contributed by atoms with van der Waals surface area (Å²) in [7, 11) is 0. The number of benzene rings is 1. The van der Waals surface area contributed by atoms with Crippen LogP contribution in [0.1, 0.15) is 5.56 Å². The van der Waals surface area contributed by atoms with Crippen molar-refractivity contribution in [2.75, 3.05) is 11.2 Å². The van der Waals surface area contributed by atoms with Gasteiger partial charge >= 0.3 is 0 Å². The van der Waals surface area contributed by atoms with Gasteiger partial charge in [0.05, 0.1) is 6.26 Å². The van der Waals surface area contributed by atoms with Crippen LogP contribution in [0.3, 0.4) is 0 Å². The number of hydrogen-bond donors (Lipinski definition) is 1. The molecule has 1 amide bonds. The van der Waals surface area contributed by atoms with E-state index in [0.29, 0.717) is 0 Å². The van der Waals surface area contributed by atoms with E-state index in [0.717, 1.165) is 22.2 Å². The molecule has 0 fully saturated rings. The van der Waals surface area contributed by atoms with Gasteiger partial charge in [-0.25, -0.2) is 0 Å². The van der Waals surface area contributed by atoms with E-state index in [1.54, 1.807) is 6.26 Å². The Labute approximate surface area is 92.0 Å². The van der Waals surface area contributed by atoms with E-state index in [1.807, 2.05) is 25.1 Å². The van der Waals surface area contributed by atoms with Crippen LogP contribution in [0.5, 0.6) is 0 Å². The molecule has 2 aromatic rings. The fourth-order valence-corrected chi connectivity index (χ4v) is 1.59. The van der Waals surface area contributed by atoms with Gasteiger partial charge in [0.2, 0.25) is 5.91 Å². The Bertz CT molecular complexity index is 504. The summed E-state index contributed by atoms with van der Waals surface area (Å²) in [6.07, 6.45) is 1.63. The number of carbonyl (C=O) groups excluding carboxylic acids is 1. The minimum absolute atomic E-state index is 0.0392. The SMILES string of the molecule is Cc1cc(NC(=O)CCl)cc2ccoc12. The number of fused-ring (bicyclic) bond motifs is 1. The highest BCUT2D eigenvalue weighted by Gasteiger charge is 2.05. The van der Waals surface area contributed by atoms with E-state index in [9.17, 15) is 4.79 Å². The van der Waals surface area contributed by atoms with Crippen molar-refractivity contribution < 1.29 is 9.21 Å². The molecule has 1 heterocycles. The molecule has 3 nitrogen and oxygen atoms in total. The molecule has 1 aromatic carbocycles. The van der Waals surface area contributed by atoms with Crippen LogP contribution in [-0.2, 0) is 4.79 Å². The standard InChI is InChI=1S/C11H10ClNO2/c1-7-4-9(13-10(14)6-12)5-8-2-3-15-11(7)8/h2-5H,6H2,1H3,(H,13,14). The van der Waals surface area contributed by atoms with Crippen molar-refractivity contribution in [2.24, 2.45) is 0 Å². The van der Waals surface area contributed by atoms with E-state index in [4.69, 9.17) is 16.0 Å². The van der Waals surface area contributed by atoms with Gasteiger partial charge in [0, 0.05) is 11.1 Å². The van der Waals surface area contributed by atoms with Crippen LogP contribution in [0.25, 0.3) is 11.0 Å². The second kappa shape index (κ2) is 3.95. The maximum absolute atomic E-state index is 11.1. The van der Waals surface area contributed by atoms with Crippen LogP contribution in [0, 0.1) is 6.92 Å². The Morgan fingerprint density at radius 3 is 3.07 bits per heavy atom. The molecule has 0 aliphatic heterocycles. The van der Waals surface area contributed by atoms with Crippen LogP contribution in [-0.4, -0.2) is 11.8 Å². The zero-order valence-corrected chi connectivity index (χ0v) is 8.97. The lowest BCUT2D eigenvalue weighted by atomic mass is 10.1. The van der Waals surface area contributed by atoms with Gasteiger partial charge < -0.3 is 9.73 Å². The number of aryl methyl sites for hydroxylation is 1. The summed E-state index contributed by atoms with van der Waals surface area (Å²) in [4.78, 5) is 11.1. The number of anilines is 1. The van der Waals surface area contributed by atoms with Crippen LogP contribution in [0.4, 0.5) is 5.69 Å². The second-order valence-electron chi connectivity index (χ2n) is 3.31. The zero-order valence-electron chi connectivity index (χ0n) is 8.21. The minimum Gasteiger partial charge on any atom is -0.464 e. The molecule has 0 aliphatic rings. The van der Waals surface area contributed by atoms with Crippen molar-refractivity contribution >= 4 is 34.2 Å². The third-order valence-electron chi connectivity index (χ3n) is 2.14. The number of halogens is 1. The molecule has 0 spiro atoms. The molecule has 0 saturated heterocycles. The molecule has 4 heteroatoms. The molecule has 0 bridgehead atoms. The highest BCUT2D eigenvalue weighted by atomic mass is 35.5. The topological polar surface area (TPSA) is 42.2 Å². The minimum atomic E-state index is -0.209. The number of alkyl halides is 1. The van der Waals surface area contributed by atoms with Crippen LogP contribution >= 0.6 is 11.6 Å². The molecule has 0 atom stereocenters. The summed E-state index contributed by atoms with van der Waals surface area (Å²) in [5, 5.41) is 3.67. The fraction of sp³-hybridized carbons (Fsp3) is 0.182. The molecule has 0 aliphatic carbocycles. The Morgan fingerprint density at radius 2 is 2.33 bits per heavy atom. The van der Waals surface area contributed by atoms with Crippen LogP contribution in [0.2, 0.25) is 0 Å². The van der Waals surface area contributed by atoms with Crippen molar-refractivity contribution in [2.45, 2.75) is 6.92 Å². The molecule has 2 rings (SSSR count). The summed E-state index contributed by atoms with van der Waals surface area (Å²) < 4.78 is 5.30. The lowest BCUT2D eigenvalue weighted by Gasteiger charge is -2.04. The predicted molar refractivity (Wildman–Crippen MR) is 60.3 cm³/mol. The molecular weight excluding hydrogens is 214 g/mol. The van der Waals surface area contributed by atoms with E-state index in [1.165, 1.54) is 0 Å². The van der Waals surface area contributed by atoms with E-state index in [2.05, 4.69) is 5.32 Å². The van der Waals surface area contributed by atoms with Gasteiger partial charge in [-0.3, -0.25) is 4.79 Å². The first-order valence-electron chi connectivity index (χ1n) is 4.54. The molecule has 1 N–H and O–H groups in total. The first kappa shape index (κ1) is 10.1. The average molecular weight is 224 g/mol. The number of furan rings is 1. The summed E-state index contributed by atoms with van der Waals surface area (Å²) in [6, 6.07) is 5.57. The molecule has 1 aromatic heterocycles. The Morgan fingerprint density at radius 1 is 1.53 bits per heavy atom. The third kappa shape index (κ3) is 1.97. The number of carbonyl (C=O) groups is 1. The van der Waals surface area contributed by atoms with Gasteiger partial charge in [-0.1, -0.05) is 0 Å². The van der Waals surface area contributed by atoms with Gasteiger partial charge in [0.15, 0.2) is 0 Å². The quantitative estimate of drug-likeness (QED) is 0.796. The fourth-order valence-electron chi connectivity index (χ4n) is 1.53. The van der Waals surface area contributed by atoms with Crippen molar-refractivity contribution in [1.29, 1.82) is 0 Å². The Kier molecular flexibility index (Phi) is 2.64. The molecule has 0 radical (unpaired) electrons. The van der Waals surface area contributed by atoms with Gasteiger partial charge in [0.25, 0.3) is 0 Å². The van der Waals surface area contributed by atoms with E-state index < -0.39 is 0 Å². The largest absolute Gasteiger partial charge is 0.464 e. The van der Waals surface area contributed by atoms with Crippen molar-refractivity contribution in [3.05, 3.63) is 30.0 Å². The molecule has 78 valence electrons. The summed E-state index contributed by atoms with van der Waals surface area (Å²) in [6.45, 7) is 1.93. The van der Waals surface area contributed by atoms with Crippen molar-refractivity contribution in [3.8, 4) is 0 Å². The molecule has 15 heavy (non-hydrogen) atoms. The van der Waals surface area contributed by atoms with E-state index >= 15 is 0 Å². The highest BCUT2D eigenvalue weighted by molar-refractivity contribution is 6.29. The van der Waals surface area contributed by atoms with Gasteiger partial charge in [-0.2, -0.15) is 0 Å². The van der Waals surface area contributed by atoms with Gasteiger partial charge in [0.1, 0.15) is 11.5 Å². The predicted octanol–water partition coefficient (Wildman–Crippen LogP) is 2.92. The summed E-state index contributed by atoms with van der Waals surface area (Å²) in [5.41, 5.74) is 2.58. The normalized spacial score (nSPS) is 10.5. The van der Waals surface area contributed by atoms with E-state index in [-0.39, 0.29) is 11.8 Å².